The Morgan fingerprint density at radius 1 is 1.54 bits per heavy atom. The maximum Gasteiger partial charge on any atom is 0.327 e. The SMILES string of the molecule is CCn1c(=O)[nH]c2ncnc(C)c21. The van der Waals surface area contributed by atoms with Crippen molar-refractivity contribution in [1.29, 1.82) is 0 Å². The van der Waals surface area contributed by atoms with Gasteiger partial charge in [-0.2, -0.15) is 0 Å². The molecule has 0 amide bonds. The van der Waals surface area contributed by atoms with E-state index in [0.717, 1.165) is 11.2 Å². The summed E-state index contributed by atoms with van der Waals surface area (Å²) < 4.78 is 1.63. The summed E-state index contributed by atoms with van der Waals surface area (Å²) in [6.45, 7) is 4.41. The number of hydrogen-bond acceptors (Lipinski definition) is 3. The molecule has 0 spiro atoms. The molecule has 2 rings (SSSR count). The highest BCUT2D eigenvalue weighted by molar-refractivity contribution is 5.72. The molecule has 2 heterocycles. The summed E-state index contributed by atoms with van der Waals surface area (Å²) in [4.78, 5) is 22.1. The summed E-state index contributed by atoms with van der Waals surface area (Å²) in [5, 5.41) is 0. The first kappa shape index (κ1) is 7.97. The van der Waals surface area contributed by atoms with Crippen molar-refractivity contribution in [1.82, 2.24) is 19.5 Å². The van der Waals surface area contributed by atoms with Crippen LogP contribution < -0.4 is 5.69 Å². The second-order valence-corrected chi connectivity index (χ2v) is 2.83. The van der Waals surface area contributed by atoms with Crippen LogP contribution in [0.5, 0.6) is 0 Å². The van der Waals surface area contributed by atoms with E-state index in [1.54, 1.807) is 4.57 Å². The fourth-order valence-corrected chi connectivity index (χ4v) is 1.45. The van der Waals surface area contributed by atoms with Crippen molar-refractivity contribution in [2.45, 2.75) is 20.4 Å². The van der Waals surface area contributed by atoms with E-state index in [2.05, 4.69) is 15.0 Å². The Hall–Kier alpha value is -1.65. The number of hydrogen-bond donors (Lipinski definition) is 1. The fourth-order valence-electron chi connectivity index (χ4n) is 1.45. The van der Waals surface area contributed by atoms with Crippen LogP contribution in [-0.2, 0) is 6.54 Å². The van der Waals surface area contributed by atoms with Crippen LogP contribution in [0.15, 0.2) is 11.1 Å². The lowest BCUT2D eigenvalue weighted by Gasteiger charge is -1.98. The molecule has 0 aromatic carbocycles. The quantitative estimate of drug-likeness (QED) is 0.689. The molecule has 2 aromatic rings. The number of imidazole rings is 1. The Labute approximate surface area is 74.4 Å². The van der Waals surface area contributed by atoms with Crippen LogP contribution in [-0.4, -0.2) is 19.5 Å². The molecule has 0 aliphatic heterocycles. The maximum atomic E-state index is 11.4. The predicted octanol–water partition coefficient (Wildman–Crippen LogP) is 0.448. The van der Waals surface area contributed by atoms with Gasteiger partial charge in [-0.1, -0.05) is 0 Å². The summed E-state index contributed by atoms with van der Waals surface area (Å²) in [6.07, 6.45) is 1.45. The number of nitrogens with one attached hydrogen (secondary N) is 1. The minimum absolute atomic E-state index is 0.124. The minimum atomic E-state index is -0.124. The average molecular weight is 178 g/mol. The van der Waals surface area contributed by atoms with Gasteiger partial charge in [0, 0.05) is 6.54 Å². The van der Waals surface area contributed by atoms with E-state index in [9.17, 15) is 4.79 Å². The Bertz CT molecular complexity index is 496. The molecule has 68 valence electrons. The molecule has 0 bridgehead atoms. The van der Waals surface area contributed by atoms with Crippen LogP contribution in [0, 0.1) is 6.92 Å². The van der Waals surface area contributed by atoms with Gasteiger partial charge in [0.05, 0.1) is 5.69 Å². The van der Waals surface area contributed by atoms with E-state index < -0.39 is 0 Å². The topological polar surface area (TPSA) is 63.6 Å². The zero-order valence-corrected chi connectivity index (χ0v) is 7.53. The molecule has 2 aromatic heterocycles. The lowest BCUT2D eigenvalue weighted by molar-refractivity contribution is 0.750. The lowest BCUT2D eigenvalue weighted by Crippen LogP contribution is -2.15. The highest BCUT2D eigenvalue weighted by Crippen LogP contribution is 2.08. The van der Waals surface area contributed by atoms with Gasteiger partial charge in [-0.15, -0.1) is 0 Å². The summed E-state index contributed by atoms with van der Waals surface area (Å²) in [7, 11) is 0. The highest BCUT2D eigenvalue weighted by atomic mass is 16.1. The fraction of sp³-hybridized carbons (Fsp3) is 0.375. The Balaban J connectivity index is 2.96. The first-order chi connectivity index (χ1) is 6.24. The third kappa shape index (κ3) is 1.04. The van der Waals surface area contributed by atoms with Crippen molar-refractivity contribution in [2.24, 2.45) is 0 Å². The second-order valence-electron chi connectivity index (χ2n) is 2.83. The standard InChI is InChI=1S/C8H10N4O/c1-3-12-6-5(2)9-4-10-7(6)11-8(12)13/h4H,3H2,1-2H3,(H,9,10,11,13). The van der Waals surface area contributed by atoms with E-state index in [4.69, 9.17) is 0 Å². The number of aryl methyl sites for hydroxylation is 2. The van der Waals surface area contributed by atoms with E-state index in [1.807, 2.05) is 13.8 Å². The van der Waals surface area contributed by atoms with E-state index >= 15 is 0 Å². The zero-order valence-electron chi connectivity index (χ0n) is 7.53. The average Bonchev–Trinajstić information content (AvgIpc) is 2.42. The number of fused-ring (bicyclic) bond motifs is 1. The van der Waals surface area contributed by atoms with Gasteiger partial charge in [-0.3, -0.25) is 9.55 Å². The first-order valence-corrected chi connectivity index (χ1v) is 4.14. The van der Waals surface area contributed by atoms with Crippen molar-refractivity contribution in [3.8, 4) is 0 Å². The molecule has 0 fully saturated rings. The molecule has 1 N–H and O–H groups in total. The summed E-state index contributed by atoms with van der Waals surface area (Å²) in [5.74, 6) is 0. The monoisotopic (exact) mass is 178 g/mol. The van der Waals surface area contributed by atoms with Crippen LogP contribution in [0.1, 0.15) is 12.6 Å². The lowest BCUT2D eigenvalue weighted by atomic mass is 10.4. The molecule has 0 atom stereocenters. The number of aromatic nitrogens is 4. The molecule has 0 unspecified atom stereocenters. The molecule has 0 radical (unpaired) electrons. The summed E-state index contributed by atoms with van der Waals surface area (Å²) in [5.41, 5.74) is 2.11. The molecule has 0 saturated heterocycles. The smallest absolute Gasteiger partial charge is 0.290 e. The third-order valence-corrected chi connectivity index (χ3v) is 2.06. The third-order valence-electron chi connectivity index (χ3n) is 2.06. The number of rotatable bonds is 1. The number of nitrogens with zero attached hydrogens (tertiary/aromatic N) is 3. The number of H-pyrrole nitrogens is 1. The molecular weight excluding hydrogens is 168 g/mol. The van der Waals surface area contributed by atoms with Gasteiger partial charge in [-0.25, -0.2) is 14.8 Å². The van der Waals surface area contributed by atoms with Gasteiger partial charge >= 0.3 is 5.69 Å². The van der Waals surface area contributed by atoms with Crippen molar-refractivity contribution in [3.05, 3.63) is 22.5 Å². The maximum absolute atomic E-state index is 11.4. The normalized spacial score (nSPS) is 10.9. The Morgan fingerprint density at radius 3 is 3.00 bits per heavy atom. The van der Waals surface area contributed by atoms with Crippen LogP contribution in [0.2, 0.25) is 0 Å². The van der Waals surface area contributed by atoms with Crippen LogP contribution in [0.3, 0.4) is 0 Å². The van der Waals surface area contributed by atoms with E-state index in [1.165, 1.54) is 6.33 Å². The van der Waals surface area contributed by atoms with Crippen LogP contribution in [0.25, 0.3) is 11.2 Å². The molecule has 5 heteroatoms. The van der Waals surface area contributed by atoms with Gasteiger partial charge in [0.1, 0.15) is 11.8 Å². The van der Waals surface area contributed by atoms with Gasteiger partial charge < -0.3 is 0 Å². The molecule has 5 nitrogen and oxygen atoms in total. The van der Waals surface area contributed by atoms with Crippen molar-refractivity contribution < 1.29 is 0 Å². The van der Waals surface area contributed by atoms with Gasteiger partial charge in [0.15, 0.2) is 5.65 Å². The summed E-state index contributed by atoms with van der Waals surface area (Å²) >= 11 is 0. The molecule has 13 heavy (non-hydrogen) atoms. The molecule has 0 aliphatic rings. The van der Waals surface area contributed by atoms with Gasteiger partial charge in [0.25, 0.3) is 0 Å². The van der Waals surface area contributed by atoms with Crippen molar-refractivity contribution in [2.75, 3.05) is 0 Å². The van der Waals surface area contributed by atoms with Crippen LogP contribution >= 0.6 is 0 Å². The molecule has 0 saturated carbocycles. The van der Waals surface area contributed by atoms with Crippen LogP contribution in [0.4, 0.5) is 0 Å². The van der Waals surface area contributed by atoms with Crippen molar-refractivity contribution >= 4 is 11.2 Å². The second kappa shape index (κ2) is 2.69. The first-order valence-electron chi connectivity index (χ1n) is 4.14. The number of aromatic amines is 1. The zero-order chi connectivity index (χ0) is 9.42. The van der Waals surface area contributed by atoms with Gasteiger partial charge in [0.2, 0.25) is 0 Å². The molecular formula is C8H10N4O. The largest absolute Gasteiger partial charge is 0.327 e. The Kier molecular flexibility index (Phi) is 1.65. The highest BCUT2D eigenvalue weighted by Gasteiger charge is 2.08. The van der Waals surface area contributed by atoms with E-state index in [0.29, 0.717) is 12.2 Å². The molecule has 0 aliphatic carbocycles. The van der Waals surface area contributed by atoms with Crippen molar-refractivity contribution in [3.63, 3.8) is 0 Å². The Morgan fingerprint density at radius 2 is 2.31 bits per heavy atom. The predicted molar refractivity (Wildman–Crippen MR) is 48.6 cm³/mol. The summed E-state index contributed by atoms with van der Waals surface area (Å²) in [6, 6.07) is 0. The van der Waals surface area contributed by atoms with E-state index in [-0.39, 0.29) is 5.69 Å². The van der Waals surface area contributed by atoms with Gasteiger partial charge in [-0.05, 0) is 13.8 Å². The minimum Gasteiger partial charge on any atom is -0.290 e.